The largest absolute Gasteiger partial charge is 0.467 e. The van der Waals surface area contributed by atoms with E-state index < -0.39 is 18.1 Å². The van der Waals surface area contributed by atoms with Gasteiger partial charge in [0, 0.05) is 7.11 Å². The van der Waals surface area contributed by atoms with Crippen molar-refractivity contribution >= 4 is 11.9 Å². The number of benzene rings is 1. The third-order valence-electron chi connectivity index (χ3n) is 2.49. The summed E-state index contributed by atoms with van der Waals surface area (Å²) in [6.07, 6.45) is -0.738. The first-order valence-electron chi connectivity index (χ1n) is 5.56. The van der Waals surface area contributed by atoms with E-state index in [2.05, 4.69) is 10.1 Å². The Morgan fingerprint density at radius 1 is 1.17 bits per heavy atom. The lowest BCUT2D eigenvalue weighted by atomic mass is 10.1. The van der Waals surface area contributed by atoms with Crippen LogP contribution in [0.5, 0.6) is 0 Å². The summed E-state index contributed by atoms with van der Waals surface area (Å²) >= 11 is 0. The minimum absolute atomic E-state index is 0.374. The van der Waals surface area contributed by atoms with Crippen molar-refractivity contribution in [2.24, 2.45) is 0 Å². The van der Waals surface area contributed by atoms with Gasteiger partial charge in [-0.1, -0.05) is 30.3 Å². The summed E-state index contributed by atoms with van der Waals surface area (Å²) in [6, 6.07) is 8.36. The Hall–Kier alpha value is -1.88. The Morgan fingerprint density at radius 2 is 1.78 bits per heavy atom. The van der Waals surface area contributed by atoms with Crippen LogP contribution in [0.15, 0.2) is 30.3 Å². The highest BCUT2D eigenvalue weighted by atomic mass is 16.5. The number of carbonyl (C=O) groups excluding carboxylic acids is 2. The molecule has 1 aromatic rings. The van der Waals surface area contributed by atoms with E-state index in [9.17, 15) is 9.59 Å². The number of amides is 1. The van der Waals surface area contributed by atoms with Gasteiger partial charge >= 0.3 is 5.97 Å². The molecule has 2 atom stereocenters. The topological polar surface area (TPSA) is 64.6 Å². The summed E-state index contributed by atoms with van der Waals surface area (Å²) in [5, 5.41) is 2.54. The molecule has 18 heavy (non-hydrogen) atoms. The van der Waals surface area contributed by atoms with Crippen molar-refractivity contribution in [2.45, 2.75) is 19.1 Å². The Morgan fingerprint density at radius 3 is 2.28 bits per heavy atom. The van der Waals surface area contributed by atoms with E-state index in [0.717, 1.165) is 5.56 Å². The van der Waals surface area contributed by atoms with Gasteiger partial charge in [-0.05, 0) is 12.5 Å². The molecule has 1 N–H and O–H groups in total. The van der Waals surface area contributed by atoms with Crippen LogP contribution in [0.2, 0.25) is 0 Å². The first-order chi connectivity index (χ1) is 8.60. The van der Waals surface area contributed by atoms with Gasteiger partial charge in [0.1, 0.15) is 6.04 Å². The molecule has 0 spiro atoms. The zero-order chi connectivity index (χ0) is 13.5. The zero-order valence-electron chi connectivity index (χ0n) is 10.7. The SMILES string of the molecule is COC(=O)[C@@H](C)NC(=O)[C@@H](OC)c1ccccc1. The predicted octanol–water partition coefficient (Wildman–Crippen LogP) is 1.05. The molecule has 5 nitrogen and oxygen atoms in total. The summed E-state index contributed by atoms with van der Waals surface area (Å²) in [6.45, 7) is 1.56. The van der Waals surface area contributed by atoms with E-state index in [1.165, 1.54) is 14.2 Å². The molecule has 5 heteroatoms. The van der Waals surface area contributed by atoms with Gasteiger partial charge in [-0.15, -0.1) is 0 Å². The second kappa shape index (κ2) is 6.76. The molecule has 0 aliphatic rings. The quantitative estimate of drug-likeness (QED) is 0.794. The summed E-state index contributed by atoms with van der Waals surface area (Å²) in [5.41, 5.74) is 0.731. The van der Waals surface area contributed by atoms with E-state index >= 15 is 0 Å². The third kappa shape index (κ3) is 3.56. The maximum atomic E-state index is 12.0. The Balaban J connectivity index is 2.72. The van der Waals surface area contributed by atoms with Gasteiger partial charge in [0.05, 0.1) is 7.11 Å². The van der Waals surface area contributed by atoms with Crippen LogP contribution in [0.1, 0.15) is 18.6 Å². The number of hydrogen-bond acceptors (Lipinski definition) is 4. The van der Waals surface area contributed by atoms with Crippen molar-refractivity contribution in [1.82, 2.24) is 5.32 Å². The van der Waals surface area contributed by atoms with Crippen LogP contribution in [0, 0.1) is 0 Å². The van der Waals surface area contributed by atoms with Gasteiger partial charge in [0.15, 0.2) is 6.10 Å². The lowest BCUT2D eigenvalue weighted by Gasteiger charge is -2.18. The normalized spacial score (nSPS) is 13.5. The fraction of sp³-hybridized carbons (Fsp3) is 0.385. The molecule has 0 radical (unpaired) electrons. The lowest BCUT2D eigenvalue weighted by Crippen LogP contribution is -2.42. The molecular weight excluding hydrogens is 234 g/mol. The number of methoxy groups -OCH3 is 2. The first kappa shape index (κ1) is 14.2. The van der Waals surface area contributed by atoms with Crippen LogP contribution in [-0.2, 0) is 19.1 Å². The van der Waals surface area contributed by atoms with Crippen LogP contribution >= 0.6 is 0 Å². The highest BCUT2D eigenvalue weighted by Gasteiger charge is 2.24. The van der Waals surface area contributed by atoms with E-state index in [-0.39, 0.29) is 5.91 Å². The number of rotatable bonds is 5. The molecule has 0 aliphatic carbocycles. The van der Waals surface area contributed by atoms with Crippen LogP contribution in [0.25, 0.3) is 0 Å². The minimum Gasteiger partial charge on any atom is -0.467 e. The molecule has 1 rings (SSSR count). The van der Waals surface area contributed by atoms with E-state index in [1.54, 1.807) is 19.1 Å². The molecular formula is C13H17NO4. The number of carbonyl (C=O) groups is 2. The summed E-state index contributed by atoms with van der Waals surface area (Å²) in [4.78, 5) is 23.2. The summed E-state index contributed by atoms with van der Waals surface area (Å²) in [7, 11) is 2.72. The number of esters is 1. The zero-order valence-corrected chi connectivity index (χ0v) is 10.7. The lowest BCUT2D eigenvalue weighted by molar-refractivity contribution is -0.146. The Bertz CT molecular complexity index is 405. The van der Waals surface area contributed by atoms with Crippen molar-refractivity contribution < 1.29 is 19.1 Å². The van der Waals surface area contributed by atoms with Crippen molar-refractivity contribution in [3.8, 4) is 0 Å². The molecule has 0 heterocycles. The second-order valence-corrected chi connectivity index (χ2v) is 3.78. The standard InChI is InChI=1S/C13H17NO4/c1-9(13(16)18-3)14-12(15)11(17-2)10-7-5-4-6-8-10/h4-9,11H,1-3H3,(H,14,15)/t9-,11+/m1/s1. The molecule has 0 fully saturated rings. The van der Waals surface area contributed by atoms with E-state index in [0.29, 0.717) is 0 Å². The Kier molecular flexibility index (Phi) is 5.32. The molecule has 0 aliphatic heterocycles. The first-order valence-corrected chi connectivity index (χ1v) is 5.56. The molecule has 1 aromatic carbocycles. The maximum Gasteiger partial charge on any atom is 0.328 e. The van der Waals surface area contributed by atoms with Crippen molar-refractivity contribution in [2.75, 3.05) is 14.2 Å². The highest BCUT2D eigenvalue weighted by Crippen LogP contribution is 2.16. The molecule has 0 bridgehead atoms. The van der Waals surface area contributed by atoms with Gasteiger partial charge in [-0.2, -0.15) is 0 Å². The van der Waals surface area contributed by atoms with Crippen molar-refractivity contribution in [3.63, 3.8) is 0 Å². The average molecular weight is 251 g/mol. The average Bonchev–Trinajstić information content (AvgIpc) is 2.39. The van der Waals surface area contributed by atoms with Crippen LogP contribution in [0.4, 0.5) is 0 Å². The van der Waals surface area contributed by atoms with Crippen LogP contribution in [-0.4, -0.2) is 32.1 Å². The number of hydrogen-bond donors (Lipinski definition) is 1. The molecule has 0 aromatic heterocycles. The number of ether oxygens (including phenoxy) is 2. The highest BCUT2D eigenvalue weighted by molar-refractivity contribution is 5.87. The maximum absolute atomic E-state index is 12.0. The third-order valence-corrected chi connectivity index (χ3v) is 2.49. The van der Waals surface area contributed by atoms with Crippen LogP contribution in [0.3, 0.4) is 0 Å². The van der Waals surface area contributed by atoms with Gasteiger partial charge in [-0.3, -0.25) is 4.79 Å². The van der Waals surface area contributed by atoms with Gasteiger partial charge in [-0.25, -0.2) is 4.79 Å². The van der Waals surface area contributed by atoms with Gasteiger partial charge in [0.2, 0.25) is 0 Å². The van der Waals surface area contributed by atoms with Crippen molar-refractivity contribution in [1.29, 1.82) is 0 Å². The summed E-state index contributed by atoms with van der Waals surface area (Å²) in [5.74, 6) is -0.868. The molecule has 0 saturated carbocycles. The van der Waals surface area contributed by atoms with Gasteiger partial charge < -0.3 is 14.8 Å². The van der Waals surface area contributed by atoms with Gasteiger partial charge in [0.25, 0.3) is 5.91 Å². The fourth-order valence-electron chi connectivity index (χ4n) is 1.55. The molecule has 1 amide bonds. The second-order valence-electron chi connectivity index (χ2n) is 3.78. The van der Waals surface area contributed by atoms with Crippen LogP contribution < -0.4 is 5.32 Å². The number of nitrogens with one attached hydrogen (secondary N) is 1. The monoisotopic (exact) mass is 251 g/mol. The molecule has 0 saturated heterocycles. The van der Waals surface area contributed by atoms with E-state index in [4.69, 9.17) is 4.74 Å². The van der Waals surface area contributed by atoms with Crippen molar-refractivity contribution in [3.05, 3.63) is 35.9 Å². The molecule has 0 unspecified atom stereocenters. The Labute approximate surface area is 106 Å². The van der Waals surface area contributed by atoms with E-state index in [1.807, 2.05) is 18.2 Å². The summed E-state index contributed by atoms with van der Waals surface area (Å²) < 4.78 is 9.69. The fourth-order valence-corrected chi connectivity index (χ4v) is 1.55. The predicted molar refractivity (Wildman–Crippen MR) is 65.8 cm³/mol. The molecule has 98 valence electrons. The minimum atomic E-state index is -0.738. The smallest absolute Gasteiger partial charge is 0.328 e.